The molecule has 0 aliphatic rings. The highest BCUT2D eigenvalue weighted by atomic mass is 19.1. The van der Waals surface area contributed by atoms with Gasteiger partial charge in [-0.1, -0.05) is 36.4 Å². The number of nitrogens with zero attached hydrogens (tertiary/aromatic N) is 2. The van der Waals surface area contributed by atoms with Crippen molar-refractivity contribution in [3.8, 4) is 11.3 Å². The standard InChI is InChI=1S/C21H13FN2/c22-16-11-9-14(10-12-16)20-13-15-5-1-2-6-17(15)21-23-18-7-3-4-8-19(18)24(20)21/h1-13H. The summed E-state index contributed by atoms with van der Waals surface area (Å²) in [7, 11) is 0. The van der Waals surface area contributed by atoms with Gasteiger partial charge >= 0.3 is 0 Å². The van der Waals surface area contributed by atoms with Gasteiger partial charge in [-0.3, -0.25) is 4.40 Å². The van der Waals surface area contributed by atoms with Crippen LogP contribution in [0.3, 0.4) is 0 Å². The lowest BCUT2D eigenvalue weighted by Gasteiger charge is -2.10. The Morgan fingerprint density at radius 1 is 0.792 bits per heavy atom. The molecule has 5 rings (SSSR count). The summed E-state index contributed by atoms with van der Waals surface area (Å²) in [5.74, 6) is -0.230. The SMILES string of the molecule is Fc1ccc(-c2cc3ccccc3c3nc4ccccc4n23)cc1. The first-order valence-corrected chi connectivity index (χ1v) is 7.86. The number of rotatable bonds is 1. The third kappa shape index (κ3) is 1.85. The third-order valence-electron chi connectivity index (χ3n) is 4.44. The lowest BCUT2D eigenvalue weighted by molar-refractivity contribution is 0.628. The zero-order chi connectivity index (χ0) is 16.1. The first-order chi connectivity index (χ1) is 11.8. The predicted octanol–water partition coefficient (Wildman–Crippen LogP) is 5.45. The molecule has 0 aliphatic carbocycles. The minimum absolute atomic E-state index is 0.230. The van der Waals surface area contributed by atoms with Crippen LogP contribution in [0.15, 0.2) is 78.9 Å². The predicted molar refractivity (Wildman–Crippen MR) is 95.6 cm³/mol. The summed E-state index contributed by atoms with van der Waals surface area (Å²) in [5.41, 5.74) is 4.91. The number of benzene rings is 3. The van der Waals surface area contributed by atoms with Crippen LogP contribution in [-0.2, 0) is 0 Å². The largest absolute Gasteiger partial charge is 0.292 e. The maximum absolute atomic E-state index is 13.3. The minimum Gasteiger partial charge on any atom is -0.292 e. The third-order valence-corrected chi connectivity index (χ3v) is 4.44. The number of para-hydroxylation sites is 2. The summed E-state index contributed by atoms with van der Waals surface area (Å²) < 4.78 is 15.5. The van der Waals surface area contributed by atoms with E-state index in [-0.39, 0.29) is 5.82 Å². The summed E-state index contributed by atoms with van der Waals surface area (Å²) >= 11 is 0. The quantitative estimate of drug-likeness (QED) is 0.402. The molecule has 0 unspecified atom stereocenters. The zero-order valence-electron chi connectivity index (χ0n) is 12.8. The van der Waals surface area contributed by atoms with Crippen molar-refractivity contribution in [1.82, 2.24) is 9.38 Å². The smallest absolute Gasteiger partial charge is 0.146 e. The first-order valence-electron chi connectivity index (χ1n) is 7.86. The summed E-state index contributed by atoms with van der Waals surface area (Å²) in [6.07, 6.45) is 0. The van der Waals surface area contributed by atoms with Crippen molar-refractivity contribution < 1.29 is 4.39 Å². The molecule has 0 spiro atoms. The number of imidazole rings is 1. The van der Waals surface area contributed by atoms with E-state index < -0.39 is 0 Å². The van der Waals surface area contributed by atoms with E-state index in [9.17, 15) is 4.39 Å². The molecule has 5 aromatic rings. The Morgan fingerprint density at radius 2 is 1.54 bits per heavy atom. The Bertz CT molecular complexity index is 1200. The molecule has 3 heteroatoms. The van der Waals surface area contributed by atoms with Crippen molar-refractivity contribution in [3.63, 3.8) is 0 Å². The van der Waals surface area contributed by atoms with Crippen molar-refractivity contribution in [2.24, 2.45) is 0 Å². The second-order valence-electron chi connectivity index (χ2n) is 5.88. The van der Waals surface area contributed by atoms with E-state index in [1.807, 2.05) is 42.5 Å². The summed E-state index contributed by atoms with van der Waals surface area (Å²) in [5, 5.41) is 2.24. The van der Waals surface area contributed by atoms with Gasteiger partial charge in [-0.15, -0.1) is 0 Å². The lowest BCUT2D eigenvalue weighted by atomic mass is 10.1. The van der Waals surface area contributed by atoms with Crippen molar-refractivity contribution in [2.75, 3.05) is 0 Å². The fraction of sp³-hybridized carbons (Fsp3) is 0. The van der Waals surface area contributed by atoms with E-state index in [4.69, 9.17) is 4.98 Å². The minimum atomic E-state index is -0.230. The van der Waals surface area contributed by atoms with Crippen LogP contribution in [-0.4, -0.2) is 9.38 Å². The van der Waals surface area contributed by atoms with Gasteiger partial charge in [0.05, 0.1) is 16.7 Å². The lowest BCUT2D eigenvalue weighted by Crippen LogP contribution is -1.94. The van der Waals surface area contributed by atoms with Gasteiger partial charge in [0.2, 0.25) is 0 Å². The fourth-order valence-corrected chi connectivity index (χ4v) is 3.32. The number of hydrogen-bond donors (Lipinski definition) is 0. The molecule has 2 nitrogen and oxygen atoms in total. The molecule has 0 aliphatic heterocycles. The van der Waals surface area contributed by atoms with Crippen LogP contribution in [0.5, 0.6) is 0 Å². The topological polar surface area (TPSA) is 17.3 Å². The molecule has 2 aromatic heterocycles. The van der Waals surface area contributed by atoms with E-state index in [1.54, 1.807) is 0 Å². The summed E-state index contributed by atoms with van der Waals surface area (Å²) in [6, 6.07) is 25.1. The van der Waals surface area contributed by atoms with Gasteiger partial charge < -0.3 is 0 Å². The van der Waals surface area contributed by atoms with Crippen molar-refractivity contribution in [2.45, 2.75) is 0 Å². The van der Waals surface area contributed by atoms with E-state index in [0.717, 1.165) is 38.7 Å². The average Bonchev–Trinajstić information content (AvgIpc) is 3.02. The van der Waals surface area contributed by atoms with Gasteiger partial charge in [0.25, 0.3) is 0 Å². The van der Waals surface area contributed by atoms with E-state index >= 15 is 0 Å². The molecule has 114 valence electrons. The Morgan fingerprint density at radius 3 is 2.42 bits per heavy atom. The van der Waals surface area contributed by atoms with Gasteiger partial charge in [0.1, 0.15) is 11.5 Å². The Labute approximate surface area is 137 Å². The molecule has 0 atom stereocenters. The van der Waals surface area contributed by atoms with E-state index in [1.165, 1.54) is 12.1 Å². The molecule has 0 amide bonds. The van der Waals surface area contributed by atoms with Crippen LogP contribution in [0.25, 0.3) is 38.7 Å². The maximum Gasteiger partial charge on any atom is 0.146 e. The molecular weight excluding hydrogens is 299 g/mol. The molecule has 0 N–H and O–H groups in total. The second kappa shape index (κ2) is 4.90. The highest BCUT2D eigenvalue weighted by Crippen LogP contribution is 2.31. The molecular formula is C21H13FN2. The van der Waals surface area contributed by atoms with Crippen molar-refractivity contribution >= 4 is 27.5 Å². The highest BCUT2D eigenvalue weighted by Gasteiger charge is 2.13. The van der Waals surface area contributed by atoms with Gasteiger partial charge in [0.15, 0.2) is 0 Å². The first kappa shape index (κ1) is 13.3. The van der Waals surface area contributed by atoms with Crippen LogP contribution >= 0.6 is 0 Å². The molecule has 3 aromatic carbocycles. The van der Waals surface area contributed by atoms with Crippen LogP contribution in [0.1, 0.15) is 0 Å². The summed E-state index contributed by atoms with van der Waals surface area (Å²) in [6.45, 7) is 0. The van der Waals surface area contributed by atoms with Crippen LogP contribution in [0, 0.1) is 5.82 Å². The Kier molecular flexibility index (Phi) is 2.71. The van der Waals surface area contributed by atoms with Crippen molar-refractivity contribution in [1.29, 1.82) is 0 Å². The van der Waals surface area contributed by atoms with Crippen LogP contribution in [0.4, 0.5) is 4.39 Å². The monoisotopic (exact) mass is 312 g/mol. The molecule has 0 saturated carbocycles. The van der Waals surface area contributed by atoms with E-state index in [2.05, 4.69) is 28.7 Å². The second-order valence-corrected chi connectivity index (χ2v) is 5.88. The normalized spacial score (nSPS) is 11.5. The molecule has 0 fully saturated rings. The number of fused-ring (bicyclic) bond motifs is 5. The average molecular weight is 312 g/mol. The molecule has 0 bridgehead atoms. The van der Waals surface area contributed by atoms with Gasteiger partial charge in [-0.25, -0.2) is 9.37 Å². The number of halogens is 1. The van der Waals surface area contributed by atoms with Crippen LogP contribution in [0.2, 0.25) is 0 Å². The molecule has 0 radical (unpaired) electrons. The maximum atomic E-state index is 13.3. The molecule has 24 heavy (non-hydrogen) atoms. The number of hydrogen-bond acceptors (Lipinski definition) is 1. The fourth-order valence-electron chi connectivity index (χ4n) is 3.32. The Balaban J connectivity index is 2.01. The molecule has 2 heterocycles. The van der Waals surface area contributed by atoms with Crippen molar-refractivity contribution in [3.05, 3.63) is 84.7 Å². The highest BCUT2D eigenvalue weighted by molar-refractivity contribution is 6.01. The Hall–Kier alpha value is -3.20. The number of aromatic nitrogens is 2. The van der Waals surface area contributed by atoms with E-state index in [0.29, 0.717) is 0 Å². The van der Waals surface area contributed by atoms with Crippen LogP contribution < -0.4 is 0 Å². The van der Waals surface area contributed by atoms with Gasteiger partial charge in [0, 0.05) is 5.39 Å². The van der Waals surface area contributed by atoms with Gasteiger partial charge in [-0.2, -0.15) is 0 Å². The van der Waals surface area contributed by atoms with Gasteiger partial charge in [-0.05, 0) is 53.4 Å². The molecule has 0 saturated heterocycles. The zero-order valence-corrected chi connectivity index (χ0v) is 12.8. The summed E-state index contributed by atoms with van der Waals surface area (Å²) in [4.78, 5) is 4.84. The number of pyridine rings is 1.